The normalized spacial score (nSPS) is 20.9. The molecule has 0 aliphatic carbocycles. The van der Waals surface area contributed by atoms with Crippen LogP contribution >= 0.6 is 0 Å². The Balaban J connectivity index is 1.95. The highest BCUT2D eigenvalue weighted by molar-refractivity contribution is 5.35. The maximum Gasteiger partial charge on any atom is 0.125 e. The number of nitrogens with zero attached hydrogens (tertiary/aromatic N) is 2. The summed E-state index contributed by atoms with van der Waals surface area (Å²) in [5, 5.41) is 3.21. The van der Waals surface area contributed by atoms with Crippen molar-refractivity contribution in [1.82, 2.24) is 9.88 Å². The molecule has 0 radical (unpaired) electrons. The van der Waals surface area contributed by atoms with E-state index in [1.165, 1.54) is 5.56 Å². The van der Waals surface area contributed by atoms with Crippen molar-refractivity contribution in [3.8, 4) is 0 Å². The molecule has 1 aromatic heterocycles. The molecule has 2 heterocycles. The SMILES string of the molecule is CCNc1ccc(CN2CCOCC2CC)cn1. The standard InChI is InChI=1S/C14H23N3O/c1-3-13-11-18-8-7-17(13)10-12-5-6-14(15-4-2)16-9-12/h5-6,9,13H,3-4,7-8,10-11H2,1-2H3,(H,15,16). The van der Waals surface area contributed by atoms with Gasteiger partial charge in [-0.05, 0) is 25.0 Å². The fourth-order valence-corrected chi connectivity index (χ4v) is 2.31. The number of ether oxygens (including phenoxy) is 1. The highest BCUT2D eigenvalue weighted by Crippen LogP contribution is 2.15. The number of hydrogen-bond acceptors (Lipinski definition) is 4. The van der Waals surface area contributed by atoms with E-state index >= 15 is 0 Å². The van der Waals surface area contributed by atoms with E-state index in [1.807, 2.05) is 6.20 Å². The minimum absolute atomic E-state index is 0.548. The van der Waals surface area contributed by atoms with Crippen LogP contribution in [0, 0.1) is 0 Å². The third-order valence-electron chi connectivity index (χ3n) is 3.39. The van der Waals surface area contributed by atoms with Crippen LogP contribution in [0.1, 0.15) is 25.8 Å². The topological polar surface area (TPSA) is 37.4 Å². The molecule has 0 amide bonds. The predicted molar refractivity (Wildman–Crippen MR) is 73.7 cm³/mol. The van der Waals surface area contributed by atoms with Crippen molar-refractivity contribution < 1.29 is 4.74 Å². The molecule has 4 heteroatoms. The van der Waals surface area contributed by atoms with Crippen LogP contribution < -0.4 is 5.32 Å². The Morgan fingerprint density at radius 3 is 3.00 bits per heavy atom. The van der Waals surface area contributed by atoms with Gasteiger partial charge in [0, 0.05) is 31.9 Å². The molecule has 2 rings (SSSR count). The van der Waals surface area contributed by atoms with Gasteiger partial charge >= 0.3 is 0 Å². The molecule has 0 bridgehead atoms. The van der Waals surface area contributed by atoms with Gasteiger partial charge in [-0.2, -0.15) is 0 Å². The first-order valence-electron chi connectivity index (χ1n) is 6.84. The summed E-state index contributed by atoms with van der Waals surface area (Å²) in [7, 11) is 0. The van der Waals surface area contributed by atoms with Gasteiger partial charge in [0.2, 0.25) is 0 Å². The smallest absolute Gasteiger partial charge is 0.125 e. The van der Waals surface area contributed by atoms with Gasteiger partial charge in [-0.1, -0.05) is 13.0 Å². The summed E-state index contributed by atoms with van der Waals surface area (Å²) in [4.78, 5) is 6.91. The molecular weight excluding hydrogens is 226 g/mol. The van der Waals surface area contributed by atoms with Crippen molar-refractivity contribution in [2.24, 2.45) is 0 Å². The molecule has 1 aliphatic heterocycles. The van der Waals surface area contributed by atoms with E-state index < -0.39 is 0 Å². The van der Waals surface area contributed by atoms with Gasteiger partial charge in [0.1, 0.15) is 5.82 Å². The van der Waals surface area contributed by atoms with Gasteiger partial charge in [0.25, 0.3) is 0 Å². The molecular formula is C14H23N3O. The summed E-state index contributed by atoms with van der Waals surface area (Å²) in [6, 6.07) is 4.76. The quantitative estimate of drug-likeness (QED) is 0.867. The second-order valence-electron chi connectivity index (χ2n) is 4.69. The second-order valence-corrected chi connectivity index (χ2v) is 4.69. The van der Waals surface area contributed by atoms with Crippen LogP contribution in [0.3, 0.4) is 0 Å². The maximum absolute atomic E-state index is 5.52. The van der Waals surface area contributed by atoms with E-state index in [0.29, 0.717) is 6.04 Å². The van der Waals surface area contributed by atoms with E-state index in [0.717, 1.165) is 45.1 Å². The van der Waals surface area contributed by atoms with Crippen LogP contribution in [0.4, 0.5) is 5.82 Å². The number of aromatic nitrogens is 1. The third-order valence-corrected chi connectivity index (χ3v) is 3.39. The molecule has 1 aliphatic rings. The van der Waals surface area contributed by atoms with E-state index in [4.69, 9.17) is 4.74 Å². The monoisotopic (exact) mass is 249 g/mol. The molecule has 1 atom stereocenters. The van der Waals surface area contributed by atoms with Gasteiger partial charge in [0.15, 0.2) is 0 Å². The number of nitrogens with one attached hydrogen (secondary N) is 1. The Morgan fingerprint density at radius 2 is 2.33 bits per heavy atom. The number of anilines is 1. The summed E-state index contributed by atoms with van der Waals surface area (Å²) in [6.07, 6.45) is 3.11. The molecule has 18 heavy (non-hydrogen) atoms. The first-order valence-corrected chi connectivity index (χ1v) is 6.84. The van der Waals surface area contributed by atoms with Crippen molar-refractivity contribution in [3.63, 3.8) is 0 Å². The van der Waals surface area contributed by atoms with Crippen molar-refractivity contribution >= 4 is 5.82 Å². The lowest BCUT2D eigenvalue weighted by Crippen LogP contribution is -2.44. The zero-order valence-electron chi connectivity index (χ0n) is 11.4. The van der Waals surface area contributed by atoms with E-state index in [2.05, 4.69) is 41.2 Å². The molecule has 4 nitrogen and oxygen atoms in total. The Kier molecular flexibility index (Phi) is 4.96. The van der Waals surface area contributed by atoms with Crippen LogP contribution in [0.2, 0.25) is 0 Å². The summed E-state index contributed by atoms with van der Waals surface area (Å²) >= 11 is 0. The largest absolute Gasteiger partial charge is 0.378 e. The third kappa shape index (κ3) is 3.43. The summed E-state index contributed by atoms with van der Waals surface area (Å²) in [6.45, 7) is 8.91. The van der Waals surface area contributed by atoms with Crippen LogP contribution in [-0.2, 0) is 11.3 Å². The first-order chi connectivity index (χ1) is 8.83. The maximum atomic E-state index is 5.52. The number of pyridine rings is 1. The Hall–Kier alpha value is -1.13. The zero-order valence-corrected chi connectivity index (χ0v) is 11.4. The van der Waals surface area contributed by atoms with Gasteiger partial charge in [0.05, 0.1) is 13.2 Å². The first kappa shape index (κ1) is 13.3. The van der Waals surface area contributed by atoms with Crippen molar-refractivity contribution in [3.05, 3.63) is 23.9 Å². The molecule has 1 N–H and O–H groups in total. The van der Waals surface area contributed by atoms with Crippen LogP contribution in [0.25, 0.3) is 0 Å². The molecule has 1 aromatic rings. The van der Waals surface area contributed by atoms with Gasteiger partial charge in [-0.15, -0.1) is 0 Å². The minimum Gasteiger partial charge on any atom is -0.378 e. The minimum atomic E-state index is 0.548. The van der Waals surface area contributed by atoms with E-state index in [9.17, 15) is 0 Å². The molecule has 0 saturated carbocycles. The zero-order chi connectivity index (χ0) is 12.8. The number of rotatable bonds is 5. The average Bonchev–Trinajstić information content (AvgIpc) is 2.42. The number of morpholine rings is 1. The molecule has 1 fully saturated rings. The lowest BCUT2D eigenvalue weighted by Gasteiger charge is -2.34. The van der Waals surface area contributed by atoms with Crippen LogP contribution in [0.15, 0.2) is 18.3 Å². The molecule has 1 unspecified atom stereocenters. The number of hydrogen-bond donors (Lipinski definition) is 1. The summed E-state index contributed by atoms with van der Waals surface area (Å²) in [5.41, 5.74) is 1.28. The molecule has 1 saturated heterocycles. The molecule has 100 valence electrons. The summed E-state index contributed by atoms with van der Waals surface area (Å²) < 4.78 is 5.52. The van der Waals surface area contributed by atoms with Crippen LogP contribution in [-0.4, -0.2) is 42.2 Å². The Morgan fingerprint density at radius 1 is 1.44 bits per heavy atom. The average molecular weight is 249 g/mol. The van der Waals surface area contributed by atoms with Crippen LogP contribution in [0.5, 0.6) is 0 Å². The lowest BCUT2D eigenvalue weighted by atomic mass is 10.1. The van der Waals surface area contributed by atoms with Gasteiger partial charge in [-0.3, -0.25) is 4.90 Å². The molecule has 0 aromatic carbocycles. The van der Waals surface area contributed by atoms with Gasteiger partial charge in [-0.25, -0.2) is 4.98 Å². The van der Waals surface area contributed by atoms with E-state index in [-0.39, 0.29) is 0 Å². The lowest BCUT2D eigenvalue weighted by molar-refractivity contribution is -0.0127. The predicted octanol–water partition coefficient (Wildman–Crippen LogP) is 2.12. The fraction of sp³-hybridized carbons (Fsp3) is 0.643. The second kappa shape index (κ2) is 6.71. The highest BCUT2D eigenvalue weighted by Gasteiger charge is 2.21. The fourth-order valence-electron chi connectivity index (χ4n) is 2.31. The van der Waals surface area contributed by atoms with Gasteiger partial charge < -0.3 is 10.1 Å². The Bertz CT molecular complexity index is 353. The van der Waals surface area contributed by atoms with Crippen molar-refractivity contribution in [2.45, 2.75) is 32.9 Å². The highest BCUT2D eigenvalue weighted by atomic mass is 16.5. The summed E-state index contributed by atoms with van der Waals surface area (Å²) in [5.74, 6) is 0.954. The molecule has 0 spiro atoms. The van der Waals surface area contributed by atoms with Crippen molar-refractivity contribution in [2.75, 3.05) is 31.6 Å². The van der Waals surface area contributed by atoms with E-state index in [1.54, 1.807) is 0 Å². The van der Waals surface area contributed by atoms with Crippen molar-refractivity contribution in [1.29, 1.82) is 0 Å². The Labute approximate surface area is 109 Å².